The first-order valence-electron chi connectivity index (χ1n) is 7.02. The van der Waals surface area contributed by atoms with E-state index in [4.69, 9.17) is 11.6 Å². The van der Waals surface area contributed by atoms with Crippen LogP contribution in [0.2, 0.25) is 5.02 Å². The molecule has 2 rings (SSSR count). The van der Waals surface area contributed by atoms with E-state index in [9.17, 15) is 4.79 Å². The van der Waals surface area contributed by atoms with E-state index in [0.717, 1.165) is 37.2 Å². The van der Waals surface area contributed by atoms with Crippen LogP contribution in [-0.2, 0) is 4.79 Å². The molecular weight excluding hydrogens is 272 g/mol. The first-order valence-corrected chi connectivity index (χ1v) is 7.39. The number of carbonyl (C=O) groups is 1. The maximum Gasteiger partial charge on any atom is 0.246 e. The molecule has 0 spiro atoms. The molecule has 0 N–H and O–H groups in total. The van der Waals surface area contributed by atoms with Gasteiger partial charge in [0.25, 0.3) is 0 Å². The molecule has 1 aliphatic rings. The fraction of sp³-hybridized carbons (Fsp3) is 0.438. The number of benzene rings is 1. The van der Waals surface area contributed by atoms with Crippen LogP contribution in [0, 0.1) is 0 Å². The van der Waals surface area contributed by atoms with E-state index in [1.165, 1.54) is 6.42 Å². The van der Waals surface area contributed by atoms with E-state index in [-0.39, 0.29) is 5.91 Å². The van der Waals surface area contributed by atoms with Crippen molar-refractivity contribution in [1.29, 1.82) is 0 Å². The first kappa shape index (κ1) is 14.9. The molecule has 0 saturated carbocycles. The van der Waals surface area contributed by atoms with Crippen LogP contribution in [0.1, 0.15) is 24.8 Å². The second-order valence-electron chi connectivity index (χ2n) is 5.32. The Labute approximate surface area is 125 Å². The largest absolute Gasteiger partial charge is 0.376 e. The summed E-state index contributed by atoms with van der Waals surface area (Å²) in [5.74, 6) is 0.0949. The summed E-state index contributed by atoms with van der Waals surface area (Å²) in [6.07, 6.45) is 6.94. The molecule has 1 fully saturated rings. The van der Waals surface area contributed by atoms with Crippen LogP contribution < -0.4 is 4.90 Å². The quantitative estimate of drug-likeness (QED) is 0.797. The average Bonchev–Trinajstić information content (AvgIpc) is 2.45. The molecule has 1 aromatic carbocycles. The third kappa shape index (κ3) is 3.76. The highest BCUT2D eigenvalue weighted by molar-refractivity contribution is 6.33. The van der Waals surface area contributed by atoms with Gasteiger partial charge in [0.05, 0.1) is 10.7 Å². The number of anilines is 1. The van der Waals surface area contributed by atoms with Crippen molar-refractivity contribution in [2.75, 3.05) is 32.1 Å². The number of amides is 1. The Morgan fingerprint density at radius 3 is 2.55 bits per heavy atom. The summed E-state index contributed by atoms with van der Waals surface area (Å²) >= 11 is 6.22. The van der Waals surface area contributed by atoms with Crippen molar-refractivity contribution >= 4 is 29.3 Å². The molecule has 0 radical (unpaired) electrons. The van der Waals surface area contributed by atoms with E-state index < -0.39 is 0 Å². The molecule has 3 nitrogen and oxygen atoms in total. The van der Waals surface area contributed by atoms with Crippen LogP contribution in [0.5, 0.6) is 0 Å². The second-order valence-corrected chi connectivity index (χ2v) is 5.73. The highest BCUT2D eigenvalue weighted by atomic mass is 35.5. The van der Waals surface area contributed by atoms with E-state index in [1.54, 1.807) is 6.08 Å². The van der Waals surface area contributed by atoms with Gasteiger partial charge in [0, 0.05) is 33.3 Å². The minimum absolute atomic E-state index is 0.0949. The normalized spacial score (nSPS) is 15.7. The molecule has 20 heavy (non-hydrogen) atoms. The number of likely N-dealkylation sites (tertiary alicyclic amines) is 1. The van der Waals surface area contributed by atoms with Gasteiger partial charge in [0.15, 0.2) is 0 Å². The van der Waals surface area contributed by atoms with Crippen molar-refractivity contribution in [3.63, 3.8) is 0 Å². The van der Waals surface area contributed by atoms with Gasteiger partial charge >= 0.3 is 0 Å². The third-order valence-electron chi connectivity index (χ3n) is 3.54. The number of rotatable bonds is 3. The molecule has 1 saturated heterocycles. The molecule has 0 aliphatic carbocycles. The summed E-state index contributed by atoms with van der Waals surface area (Å²) < 4.78 is 0. The van der Waals surface area contributed by atoms with Crippen LogP contribution in [0.4, 0.5) is 5.69 Å². The zero-order valence-corrected chi connectivity index (χ0v) is 12.9. The van der Waals surface area contributed by atoms with Gasteiger partial charge in [0.1, 0.15) is 0 Å². The van der Waals surface area contributed by atoms with Gasteiger partial charge in [-0.15, -0.1) is 0 Å². The number of nitrogens with zero attached hydrogens (tertiary/aromatic N) is 2. The van der Waals surface area contributed by atoms with Crippen molar-refractivity contribution in [2.45, 2.75) is 19.3 Å². The van der Waals surface area contributed by atoms with Crippen LogP contribution >= 0.6 is 11.6 Å². The Balaban J connectivity index is 2.03. The van der Waals surface area contributed by atoms with E-state index in [0.29, 0.717) is 5.02 Å². The maximum atomic E-state index is 12.0. The standard InChI is InChI=1S/C16H21ClN2O/c1-18(2)15-8-6-13(12-14(15)17)7-9-16(20)19-10-4-3-5-11-19/h6-9,12H,3-5,10-11H2,1-2H3. The molecule has 0 atom stereocenters. The SMILES string of the molecule is CN(C)c1ccc(C=CC(=O)N2CCCCC2)cc1Cl. The lowest BCUT2D eigenvalue weighted by atomic mass is 10.1. The fourth-order valence-corrected chi connectivity index (χ4v) is 2.73. The zero-order valence-electron chi connectivity index (χ0n) is 12.1. The Bertz CT molecular complexity index is 505. The summed E-state index contributed by atoms with van der Waals surface area (Å²) in [5.41, 5.74) is 1.93. The number of halogens is 1. The monoisotopic (exact) mass is 292 g/mol. The lowest BCUT2D eigenvalue weighted by molar-refractivity contribution is -0.126. The summed E-state index contributed by atoms with van der Waals surface area (Å²) in [6, 6.07) is 5.82. The van der Waals surface area contributed by atoms with Gasteiger partial charge in [-0.05, 0) is 43.0 Å². The van der Waals surface area contributed by atoms with Gasteiger partial charge in [0.2, 0.25) is 5.91 Å². The van der Waals surface area contributed by atoms with Gasteiger partial charge in [-0.3, -0.25) is 4.79 Å². The van der Waals surface area contributed by atoms with Crippen LogP contribution in [0.3, 0.4) is 0 Å². The Morgan fingerprint density at radius 2 is 1.95 bits per heavy atom. The molecule has 108 valence electrons. The predicted octanol–water partition coefficient (Wildman–Crippen LogP) is 3.43. The van der Waals surface area contributed by atoms with Gasteiger partial charge in [-0.2, -0.15) is 0 Å². The third-order valence-corrected chi connectivity index (χ3v) is 3.84. The van der Waals surface area contributed by atoms with Gasteiger partial charge in [-0.25, -0.2) is 0 Å². The molecule has 4 heteroatoms. The molecule has 1 amide bonds. The summed E-state index contributed by atoms with van der Waals surface area (Å²) in [6.45, 7) is 1.76. The molecule has 1 heterocycles. The summed E-state index contributed by atoms with van der Waals surface area (Å²) in [7, 11) is 3.91. The lowest BCUT2D eigenvalue weighted by Crippen LogP contribution is -2.34. The molecule has 0 unspecified atom stereocenters. The van der Waals surface area contributed by atoms with E-state index >= 15 is 0 Å². The number of piperidine rings is 1. The van der Waals surface area contributed by atoms with E-state index in [1.807, 2.05) is 48.2 Å². The second kappa shape index (κ2) is 6.80. The Hall–Kier alpha value is -1.48. The van der Waals surface area contributed by atoms with Crippen molar-refractivity contribution in [1.82, 2.24) is 4.90 Å². The molecular formula is C16H21ClN2O. The molecule has 0 aromatic heterocycles. The summed E-state index contributed by atoms with van der Waals surface area (Å²) in [4.78, 5) is 15.9. The topological polar surface area (TPSA) is 23.6 Å². The fourth-order valence-electron chi connectivity index (χ4n) is 2.38. The Kier molecular flexibility index (Phi) is 5.07. The average molecular weight is 293 g/mol. The summed E-state index contributed by atoms with van der Waals surface area (Å²) in [5, 5.41) is 0.697. The highest BCUT2D eigenvalue weighted by Crippen LogP contribution is 2.25. The number of hydrogen-bond acceptors (Lipinski definition) is 2. The first-order chi connectivity index (χ1) is 9.58. The van der Waals surface area contributed by atoms with Gasteiger partial charge in [-0.1, -0.05) is 17.7 Å². The van der Waals surface area contributed by atoms with Gasteiger partial charge < -0.3 is 9.80 Å². The van der Waals surface area contributed by atoms with Crippen molar-refractivity contribution in [3.8, 4) is 0 Å². The minimum Gasteiger partial charge on any atom is -0.376 e. The van der Waals surface area contributed by atoms with Crippen LogP contribution in [0.15, 0.2) is 24.3 Å². The molecule has 1 aliphatic heterocycles. The van der Waals surface area contributed by atoms with Crippen molar-refractivity contribution < 1.29 is 4.79 Å². The van der Waals surface area contributed by atoms with Crippen LogP contribution in [0.25, 0.3) is 6.08 Å². The lowest BCUT2D eigenvalue weighted by Gasteiger charge is -2.25. The zero-order chi connectivity index (χ0) is 14.5. The van der Waals surface area contributed by atoms with Crippen molar-refractivity contribution in [2.24, 2.45) is 0 Å². The molecule has 1 aromatic rings. The van der Waals surface area contributed by atoms with E-state index in [2.05, 4.69) is 0 Å². The highest BCUT2D eigenvalue weighted by Gasteiger charge is 2.13. The number of hydrogen-bond donors (Lipinski definition) is 0. The predicted molar refractivity (Wildman–Crippen MR) is 85.2 cm³/mol. The minimum atomic E-state index is 0.0949. The van der Waals surface area contributed by atoms with Crippen LogP contribution in [-0.4, -0.2) is 38.0 Å². The Morgan fingerprint density at radius 1 is 1.25 bits per heavy atom. The molecule has 0 bridgehead atoms. The number of carbonyl (C=O) groups excluding carboxylic acids is 1. The van der Waals surface area contributed by atoms with Crippen molar-refractivity contribution in [3.05, 3.63) is 34.9 Å². The maximum absolute atomic E-state index is 12.0. The smallest absolute Gasteiger partial charge is 0.246 e.